The summed E-state index contributed by atoms with van der Waals surface area (Å²) in [6.07, 6.45) is 0. The van der Waals surface area contributed by atoms with E-state index < -0.39 is 6.04 Å². The standard InChI is InChI=1S/C19H23ClN2O3/c1-12-9-17(24-3)18(25-4)10-16(12)22-13(2)19(23)21-11-14-7-5-6-8-15(14)20/h5-10,13,22H,11H2,1-4H3,(H,21,23). The Bertz CT molecular complexity index is 749. The Morgan fingerprint density at radius 3 is 2.44 bits per heavy atom. The van der Waals surface area contributed by atoms with Gasteiger partial charge in [-0.1, -0.05) is 29.8 Å². The second-order valence-electron chi connectivity index (χ2n) is 5.70. The first-order valence-corrected chi connectivity index (χ1v) is 8.34. The maximum atomic E-state index is 12.3. The normalized spacial score (nSPS) is 11.6. The second-order valence-corrected chi connectivity index (χ2v) is 6.10. The average molecular weight is 363 g/mol. The van der Waals surface area contributed by atoms with Gasteiger partial charge in [0.15, 0.2) is 11.5 Å². The summed E-state index contributed by atoms with van der Waals surface area (Å²) >= 11 is 6.11. The topological polar surface area (TPSA) is 59.6 Å². The summed E-state index contributed by atoms with van der Waals surface area (Å²) in [5, 5.41) is 6.73. The van der Waals surface area contributed by atoms with Gasteiger partial charge in [-0.3, -0.25) is 4.79 Å². The Labute approximate surface area is 153 Å². The number of carbonyl (C=O) groups excluding carboxylic acids is 1. The minimum absolute atomic E-state index is 0.117. The zero-order chi connectivity index (χ0) is 18.4. The summed E-state index contributed by atoms with van der Waals surface area (Å²) in [6.45, 7) is 4.13. The molecule has 1 amide bonds. The number of carbonyl (C=O) groups is 1. The number of hydrogen-bond acceptors (Lipinski definition) is 4. The molecule has 0 bridgehead atoms. The Morgan fingerprint density at radius 1 is 1.16 bits per heavy atom. The number of nitrogens with one attached hydrogen (secondary N) is 2. The van der Waals surface area contributed by atoms with Crippen molar-refractivity contribution < 1.29 is 14.3 Å². The van der Waals surface area contributed by atoms with Crippen LogP contribution in [-0.4, -0.2) is 26.2 Å². The third-order valence-corrected chi connectivity index (χ3v) is 4.28. The highest BCUT2D eigenvalue weighted by atomic mass is 35.5. The van der Waals surface area contributed by atoms with Crippen molar-refractivity contribution in [2.24, 2.45) is 0 Å². The second kappa shape index (κ2) is 8.62. The van der Waals surface area contributed by atoms with Crippen LogP contribution >= 0.6 is 11.6 Å². The largest absolute Gasteiger partial charge is 0.493 e. The summed E-state index contributed by atoms with van der Waals surface area (Å²) < 4.78 is 10.6. The van der Waals surface area contributed by atoms with E-state index in [0.717, 1.165) is 16.8 Å². The van der Waals surface area contributed by atoms with Crippen molar-refractivity contribution in [2.75, 3.05) is 19.5 Å². The molecule has 0 radical (unpaired) electrons. The molecule has 0 saturated carbocycles. The Hall–Kier alpha value is -2.40. The lowest BCUT2D eigenvalue weighted by atomic mass is 10.1. The Morgan fingerprint density at radius 2 is 1.80 bits per heavy atom. The van der Waals surface area contributed by atoms with Gasteiger partial charge in [0.2, 0.25) is 5.91 Å². The Kier molecular flexibility index (Phi) is 6.53. The van der Waals surface area contributed by atoms with Gasteiger partial charge in [0.25, 0.3) is 0 Å². The molecule has 6 heteroatoms. The number of rotatable bonds is 7. The van der Waals surface area contributed by atoms with Crippen molar-refractivity contribution in [3.05, 3.63) is 52.5 Å². The van der Waals surface area contributed by atoms with Gasteiger partial charge in [-0.05, 0) is 37.1 Å². The molecule has 0 aliphatic rings. The molecule has 0 aliphatic heterocycles. The van der Waals surface area contributed by atoms with E-state index in [4.69, 9.17) is 21.1 Å². The first kappa shape index (κ1) is 18.9. The highest BCUT2D eigenvalue weighted by molar-refractivity contribution is 6.31. The molecule has 2 aromatic rings. The highest BCUT2D eigenvalue weighted by Crippen LogP contribution is 2.33. The van der Waals surface area contributed by atoms with Gasteiger partial charge in [-0.2, -0.15) is 0 Å². The molecule has 5 nitrogen and oxygen atoms in total. The van der Waals surface area contributed by atoms with Crippen LogP contribution in [0.3, 0.4) is 0 Å². The van der Waals surface area contributed by atoms with Crippen molar-refractivity contribution in [3.8, 4) is 11.5 Å². The number of benzene rings is 2. The number of amides is 1. The summed E-state index contributed by atoms with van der Waals surface area (Å²) in [5.74, 6) is 1.15. The lowest BCUT2D eigenvalue weighted by Crippen LogP contribution is -2.37. The van der Waals surface area contributed by atoms with Crippen LogP contribution in [0.1, 0.15) is 18.1 Å². The van der Waals surface area contributed by atoms with Crippen LogP contribution in [-0.2, 0) is 11.3 Å². The van der Waals surface area contributed by atoms with Crippen molar-refractivity contribution in [1.82, 2.24) is 5.32 Å². The van der Waals surface area contributed by atoms with Gasteiger partial charge in [0.05, 0.1) is 14.2 Å². The predicted octanol–water partition coefficient (Wildman–Crippen LogP) is 3.78. The summed E-state index contributed by atoms with van der Waals surface area (Å²) in [5.41, 5.74) is 2.66. The monoisotopic (exact) mass is 362 g/mol. The van der Waals surface area contributed by atoms with Crippen LogP contribution in [0.25, 0.3) is 0 Å². The molecule has 1 atom stereocenters. The predicted molar refractivity (Wildman–Crippen MR) is 101 cm³/mol. The van der Waals surface area contributed by atoms with E-state index >= 15 is 0 Å². The Balaban J connectivity index is 2.02. The van der Waals surface area contributed by atoms with E-state index in [2.05, 4.69) is 10.6 Å². The van der Waals surface area contributed by atoms with Gasteiger partial charge in [-0.25, -0.2) is 0 Å². The lowest BCUT2D eigenvalue weighted by molar-refractivity contribution is -0.121. The first-order chi connectivity index (χ1) is 12.0. The fourth-order valence-electron chi connectivity index (χ4n) is 2.41. The molecule has 1 unspecified atom stereocenters. The van der Waals surface area contributed by atoms with E-state index in [0.29, 0.717) is 23.1 Å². The molecule has 2 N–H and O–H groups in total. The summed E-state index contributed by atoms with van der Waals surface area (Å²) in [4.78, 5) is 12.3. The van der Waals surface area contributed by atoms with Crippen molar-refractivity contribution in [2.45, 2.75) is 26.4 Å². The third kappa shape index (κ3) is 4.79. The van der Waals surface area contributed by atoms with E-state index in [9.17, 15) is 4.79 Å². The van der Waals surface area contributed by atoms with E-state index in [-0.39, 0.29) is 5.91 Å². The zero-order valence-corrected chi connectivity index (χ0v) is 15.6. The minimum atomic E-state index is -0.417. The van der Waals surface area contributed by atoms with Crippen LogP contribution in [0.5, 0.6) is 11.5 Å². The van der Waals surface area contributed by atoms with Crippen LogP contribution in [0.2, 0.25) is 5.02 Å². The van der Waals surface area contributed by atoms with Crippen LogP contribution in [0.15, 0.2) is 36.4 Å². The van der Waals surface area contributed by atoms with Crippen molar-refractivity contribution in [1.29, 1.82) is 0 Å². The van der Waals surface area contributed by atoms with E-state index in [1.54, 1.807) is 27.2 Å². The van der Waals surface area contributed by atoms with Gasteiger partial charge < -0.3 is 20.1 Å². The summed E-state index contributed by atoms with van der Waals surface area (Å²) in [6, 6.07) is 10.7. The third-order valence-electron chi connectivity index (χ3n) is 3.91. The molecule has 0 heterocycles. The number of methoxy groups -OCH3 is 2. The molecule has 0 aromatic heterocycles. The number of anilines is 1. The fourth-order valence-corrected chi connectivity index (χ4v) is 2.61. The van der Waals surface area contributed by atoms with Crippen LogP contribution in [0.4, 0.5) is 5.69 Å². The van der Waals surface area contributed by atoms with E-state index in [1.165, 1.54) is 0 Å². The molecule has 0 aliphatic carbocycles. The molecule has 0 saturated heterocycles. The minimum Gasteiger partial charge on any atom is -0.493 e. The number of aryl methyl sites for hydroxylation is 1. The van der Waals surface area contributed by atoms with Crippen molar-refractivity contribution >= 4 is 23.2 Å². The molecular weight excluding hydrogens is 340 g/mol. The number of ether oxygens (including phenoxy) is 2. The van der Waals surface area contributed by atoms with E-state index in [1.807, 2.05) is 37.3 Å². The fraction of sp³-hybridized carbons (Fsp3) is 0.316. The number of hydrogen-bond donors (Lipinski definition) is 2. The molecule has 2 rings (SSSR count). The van der Waals surface area contributed by atoms with Gasteiger partial charge in [0, 0.05) is 23.3 Å². The quantitative estimate of drug-likeness (QED) is 0.786. The SMILES string of the molecule is COc1cc(C)c(NC(C)C(=O)NCc2ccccc2Cl)cc1OC. The van der Waals surface area contributed by atoms with Crippen LogP contribution in [0, 0.1) is 6.92 Å². The maximum absolute atomic E-state index is 12.3. The molecule has 0 spiro atoms. The molecule has 0 fully saturated rings. The van der Waals surface area contributed by atoms with Gasteiger partial charge in [0.1, 0.15) is 6.04 Å². The van der Waals surface area contributed by atoms with Crippen LogP contribution < -0.4 is 20.1 Å². The molecule has 25 heavy (non-hydrogen) atoms. The molecular formula is C19H23ClN2O3. The average Bonchev–Trinajstić information content (AvgIpc) is 2.61. The van der Waals surface area contributed by atoms with Crippen molar-refractivity contribution in [3.63, 3.8) is 0 Å². The smallest absolute Gasteiger partial charge is 0.242 e. The lowest BCUT2D eigenvalue weighted by Gasteiger charge is -2.19. The maximum Gasteiger partial charge on any atom is 0.242 e. The number of halogens is 1. The van der Waals surface area contributed by atoms with Gasteiger partial charge >= 0.3 is 0 Å². The highest BCUT2D eigenvalue weighted by Gasteiger charge is 2.16. The zero-order valence-electron chi connectivity index (χ0n) is 14.9. The summed E-state index contributed by atoms with van der Waals surface area (Å²) in [7, 11) is 3.17. The first-order valence-electron chi connectivity index (χ1n) is 7.96. The van der Waals surface area contributed by atoms with Gasteiger partial charge in [-0.15, -0.1) is 0 Å². The molecule has 2 aromatic carbocycles. The molecule has 134 valence electrons.